The number of benzene rings is 10. The molecule has 0 saturated heterocycles. The fraction of sp³-hybridized carbons (Fsp3) is 0.133. The monoisotopic (exact) mass is 924 g/mol. The molecule has 2 nitrogen and oxygen atoms in total. The standard InChI is InChI=1S/C60H53F3N2Si2/c1-40-38-45(41-14-10-8-11-15-41)22-34-54(40)64(47-24-28-49(29-25-47)66(2,3)4)55-35-20-43-19-33-52-56(36-21-44-18-32-51(55)58(43)59(44)52)65(48-26-30-50(31-27-48)67(5,6)7)57-37-23-46(39-53(57)60(61,62)63)42-16-12-9-13-17-42/h8-39H,1-7H3/i8D,9D,10D,11D,12D,13D,14D,15D,16D,17D. The average molecular weight is 925 g/mol. The van der Waals surface area contributed by atoms with Crippen molar-refractivity contribution >= 4 is 93.0 Å². The Bertz CT molecular complexity index is 3970. The van der Waals surface area contributed by atoms with Gasteiger partial charge in [-0.2, -0.15) is 13.2 Å². The third kappa shape index (κ3) is 8.21. The highest BCUT2D eigenvalue weighted by molar-refractivity contribution is 6.89. The van der Waals surface area contributed by atoms with Crippen LogP contribution >= 0.6 is 0 Å². The van der Waals surface area contributed by atoms with E-state index in [9.17, 15) is 0 Å². The molecule has 0 atom stereocenters. The molecule has 7 heteroatoms. The molecule has 0 aromatic heterocycles. The fourth-order valence-electron chi connectivity index (χ4n) is 9.16. The lowest BCUT2D eigenvalue weighted by Gasteiger charge is -2.31. The lowest BCUT2D eigenvalue weighted by Crippen LogP contribution is -2.37. The first-order chi connectivity index (χ1) is 36.2. The second-order valence-electron chi connectivity index (χ2n) is 19.1. The van der Waals surface area contributed by atoms with Gasteiger partial charge in [-0.1, -0.05) is 183 Å². The summed E-state index contributed by atoms with van der Waals surface area (Å²) in [6.45, 7) is 15.4. The molecule has 0 amide bonds. The summed E-state index contributed by atoms with van der Waals surface area (Å²) in [5.74, 6) is 0. The van der Waals surface area contributed by atoms with E-state index in [1.807, 2.05) is 79.7 Å². The van der Waals surface area contributed by atoms with E-state index in [0.29, 0.717) is 22.3 Å². The van der Waals surface area contributed by atoms with Crippen molar-refractivity contribution in [3.63, 3.8) is 0 Å². The minimum Gasteiger partial charge on any atom is -0.310 e. The van der Waals surface area contributed by atoms with Gasteiger partial charge in [-0.3, -0.25) is 0 Å². The summed E-state index contributed by atoms with van der Waals surface area (Å²) in [6.07, 6.45) is -4.96. The van der Waals surface area contributed by atoms with Gasteiger partial charge in [0.25, 0.3) is 0 Å². The van der Waals surface area contributed by atoms with E-state index in [-0.39, 0.29) is 34.5 Å². The summed E-state index contributed by atoms with van der Waals surface area (Å²) < 4.78 is 132. The number of aryl methyl sites for hydroxylation is 1. The van der Waals surface area contributed by atoms with Crippen LogP contribution < -0.4 is 20.2 Å². The number of hydrogen-bond donors (Lipinski definition) is 0. The predicted octanol–water partition coefficient (Wildman–Crippen LogP) is 17.3. The van der Waals surface area contributed by atoms with Gasteiger partial charge in [-0.05, 0) is 117 Å². The molecule has 0 bridgehead atoms. The molecule has 0 saturated carbocycles. The first-order valence-corrected chi connectivity index (χ1v) is 29.2. The van der Waals surface area contributed by atoms with E-state index >= 15 is 13.2 Å². The molecule has 0 spiro atoms. The highest BCUT2D eigenvalue weighted by Crippen LogP contribution is 2.50. The maximum absolute atomic E-state index is 15.9. The second-order valence-corrected chi connectivity index (χ2v) is 29.2. The zero-order chi connectivity index (χ0) is 55.5. The van der Waals surface area contributed by atoms with Gasteiger partial charge in [0.15, 0.2) is 0 Å². The molecule has 0 unspecified atom stereocenters. The number of rotatable bonds is 10. The fourth-order valence-corrected chi connectivity index (χ4v) is 11.5. The van der Waals surface area contributed by atoms with Crippen molar-refractivity contribution in [2.75, 3.05) is 9.80 Å². The Labute approximate surface area is 408 Å². The largest absolute Gasteiger partial charge is 0.418 e. The van der Waals surface area contributed by atoms with Crippen molar-refractivity contribution in [1.29, 1.82) is 0 Å². The summed E-state index contributed by atoms with van der Waals surface area (Å²) in [6, 6.07) is 36.0. The van der Waals surface area contributed by atoms with Crippen molar-refractivity contribution in [3.8, 4) is 22.3 Å². The molecule has 0 N–H and O–H groups in total. The van der Waals surface area contributed by atoms with E-state index in [1.165, 1.54) is 17.3 Å². The Morgan fingerprint density at radius 2 is 0.806 bits per heavy atom. The van der Waals surface area contributed by atoms with Gasteiger partial charge in [0, 0.05) is 27.8 Å². The topological polar surface area (TPSA) is 6.48 Å². The SMILES string of the molecule is [2H]c1c([2H])c([2H])c(-c2ccc(N(c3ccc([Si](C)(C)C)cc3)c3ccc4ccc5c(N(c6ccc([Si](C)(C)C)cc6)c6ccc(-c7c([2H])c([2H])c([2H])c([2H])c7[2H])cc6C(F)(F)F)ccc6ccc3c4c65)c(C)c2)c([2H])c1[2H]. The Hall–Kier alpha value is -6.94. The molecule has 0 aliphatic rings. The smallest absolute Gasteiger partial charge is 0.310 e. The van der Waals surface area contributed by atoms with Crippen LogP contribution in [0.3, 0.4) is 0 Å². The molecule has 0 aliphatic carbocycles. The van der Waals surface area contributed by atoms with Crippen molar-refractivity contribution < 1.29 is 26.9 Å². The first-order valence-electron chi connectivity index (χ1n) is 27.2. The molecule has 332 valence electrons. The molecule has 0 heterocycles. The molecular formula is C60H53F3N2Si2. The van der Waals surface area contributed by atoms with Gasteiger partial charge >= 0.3 is 6.18 Å². The van der Waals surface area contributed by atoms with Crippen LogP contribution in [0, 0.1) is 6.92 Å². The molecule has 10 aromatic carbocycles. The summed E-state index contributed by atoms with van der Waals surface area (Å²) in [7, 11) is -3.61. The predicted molar refractivity (Wildman–Crippen MR) is 286 cm³/mol. The van der Waals surface area contributed by atoms with Crippen LogP contribution in [0.2, 0.25) is 39.3 Å². The van der Waals surface area contributed by atoms with E-state index in [1.54, 1.807) is 11.0 Å². The van der Waals surface area contributed by atoms with Gasteiger partial charge in [-0.15, -0.1) is 0 Å². The number of alkyl halides is 3. The van der Waals surface area contributed by atoms with Gasteiger partial charge in [0.2, 0.25) is 0 Å². The van der Waals surface area contributed by atoms with Crippen LogP contribution in [-0.4, -0.2) is 16.1 Å². The number of nitrogens with zero attached hydrogens (tertiary/aromatic N) is 2. The molecule has 10 aromatic rings. The van der Waals surface area contributed by atoms with E-state index in [2.05, 4.69) is 80.6 Å². The zero-order valence-electron chi connectivity index (χ0n) is 48.2. The Balaban J connectivity index is 1.22. The lowest BCUT2D eigenvalue weighted by atomic mass is 9.91. The molecule has 0 fully saturated rings. The maximum Gasteiger partial charge on any atom is 0.418 e. The van der Waals surface area contributed by atoms with Crippen molar-refractivity contribution in [1.82, 2.24) is 0 Å². The lowest BCUT2D eigenvalue weighted by molar-refractivity contribution is -0.137. The van der Waals surface area contributed by atoms with E-state index < -0.39 is 76.2 Å². The molecule has 10 rings (SSSR count). The van der Waals surface area contributed by atoms with Crippen LogP contribution in [0.4, 0.5) is 47.3 Å². The average Bonchev–Trinajstić information content (AvgIpc) is 3.50. The molecular weight excluding hydrogens is 862 g/mol. The molecule has 0 radical (unpaired) electrons. The van der Waals surface area contributed by atoms with Crippen LogP contribution in [0.1, 0.15) is 24.8 Å². The number of hydrogen-bond acceptors (Lipinski definition) is 2. The molecule has 0 aliphatic heterocycles. The second kappa shape index (κ2) is 16.7. The minimum absolute atomic E-state index is 0.101. The normalized spacial score (nSPS) is 14.4. The van der Waals surface area contributed by atoms with Crippen molar-refractivity contribution in [2.45, 2.75) is 52.4 Å². The van der Waals surface area contributed by atoms with E-state index in [4.69, 9.17) is 13.7 Å². The van der Waals surface area contributed by atoms with Crippen molar-refractivity contribution in [3.05, 3.63) is 205 Å². The Morgan fingerprint density at radius 1 is 0.418 bits per heavy atom. The number of halogens is 3. The first kappa shape index (κ1) is 33.5. The van der Waals surface area contributed by atoms with Gasteiger partial charge < -0.3 is 9.80 Å². The van der Waals surface area contributed by atoms with Crippen LogP contribution in [0.15, 0.2) is 194 Å². The summed E-state index contributed by atoms with van der Waals surface area (Å²) in [4.78, 5) is 3.75. The summed E-state index contributed by atoms with van der Waals surface area (Å²) in [5, 5.41) is 7.32. The minimum atomic E-state index is -4.96. The highest BCUT2D eigenvalue weighted by Gasteiger charge is 2.37. The van der Waals surface area contributed by atoms with Crippen LogP contribution in [-0.2, 0) is 6.18 Å². The van der Waals surface area contributed by atoms with Crippen LogP contribution in [0.25, 0.3) is 54.6 Å². The Morgan fingerprint density at radius 3 is 1.22 bits per heavy atom. The maximum atomic E-state index is 15.9. The third-order valence-electron chi connectivity index (χ3n) is 12.6. The van der Waals surface area contributed by atoms with Gasteiger partial charge in [0.05, 0.1) is 52.5 Å². The highest BCUT2D eigenvalue weighted by atomic mass is 28.3. The van der Waals surface area contributed by atoms with Gasteiger partial charge in [-0.25, -0.2) is 0 Å². The van der Waals surface area contributed by atoms with Crippen LogP contribution in [0.5, 0.6) is 0 Å². The van der Waals surface area contributed by atoms with Gasteiger partial charge in [0.1, 0.15) is 0 Å². The summed E-state index contributed by atoms with van der Waals surface area (Å²) >= 11 is 0. The number of anilines is 6. The third-order valence-corrected chi connectivity index (χ3v) is 16.8. The van der Waals surface area contributed by atoms with E-state index in [0.717, 1.165) is 60.8 Å². The zero-order valence-corrected chi connectivity index (χ0v) is 40.2. The summed E-state index contributed by atoms with van der Waals surface area (Å²) in [5.41, 5.74) is 2.89. The molecule has 67 heavy (non-hydrogen) atoms. The quantitative estimate of drug-likeness (QED) is 0.0996. The Kier molecular flexibility index (Phi) is 8.38. The van der Waals surface area contributed by atoms with Crippen molar-refractivity contribution in [2.24, 2.45) is 0 Å².